The number of hydrogen-bond acceptors (Lipinski definition) is 8. The van der Waals surface area contributed by atoms with Gasteiger partial charge in [-0.25, -0.2) is 23.1 Å². The largest absolute Gasteiger partial charge is 0.458 e. The molecule has 0 saturated carbocycles. The number of ether oxygens (including phenoxy) is 3. The first kappa shape index (κ1) is 40.6. The summed E-state index contributed by atoms with van der Waals surface area (Å²) in [5.41, 5.74) is -0.763. The van der Waals surface area contributed by atoms with Crippen molar-refractivity contribution >= 4 is 23.9 Å². The molecule has 0 spiro atoms. The Morgan fingerprint density at radius 2 is 1.53 bits per heavy atom. The predicted molar refractivity (Wildman–Crippen MR) is 187 cm³/mol. The Balaban J connectivity index is 2.18. The van der Waals surface area contributed by atoms with Crippen molar-refractivity contribution in [3.8, 4) is 5.69 Å². The van der Waals surface area contributed by atoms with Gasteiger partial charge in [0.1, 0.15) is 34.6 Å². The van der Waals surface area contributed by atoms with Crippen LogP contribution in [0.3, 0.4) is 0 Å². The molecular formula is C38H50F2N4O7. The zero-order valence-corrected chi connectivity index (χ0v) is 31.1. The quantitative estimate of drug-likeness (QED) is 0.160. The van der Waals surface area contributed by atoms with E-state index >= 15 is 4.39 Å². The fraction of sp³-hybridized carbons (Fsp3) is 0.500. The Morgan fingerprint density at radius 1 is 0.902 bits per heavy atom. The number of esters is 2. The van der Waals surface area contributed by atoms with Gasteiger partial charge in [0.05, 0.1) is 11.7 Å². The summed E-state index contributed by atoms with van der Waals surface area (Å²) in [7, 11) is 0. The Morgan fingerprint density at radius 3 is 2.10 bits per heavy atom. The van der Waals surface area contributed by atoms with Crippen LogP contribution in [0.2, 0.25) is 0 Å². The molecule has 3 rings (SSSR count). The molecule has 0 aliphatic rings. The summed E-state index contributed by atoms with van der Waals surface area (Å²) in [5, 5.41) is 7.35. The number of aromatic nitrogens is 2. The summed E-state index contributed by atoms with van der Waals surface area (Å²) in [5.74, 6) is -3.40. The van der Waals surface area contributed by atoms with Crippen molar-refractivity contribution < 1.29 is 42.2 Å². The number of hydrogen-bond donors (Lipinski definition) is 1. The average Bonchev–Trinajstić information content (AvgIpc) is 3.38. The zero-order valence-electron chi connectivity index (χ0n) is 31.1. The Bertz CT molecular complexity index is 1690. The van der Waals surface area contributed by atoms with Crippen LogP contribution in [0.15, 0.2) is 54.7 Å². The topological polar surface area (TPSA) is 129 Å². The molecule has 2 atom stereocenters. The highest BCUT2D eigenvalue weighted by atomic mass is 19.1. The van der Waals surface area contributed by atoms with E-state index < -0.39 is 70.9 Å². The van der Waals surface area contributed by atoms with Gasteiger partial charge in [-0.2, -0.15) is 5.10 Å². The fourth-order valence-corrected chi connectivity index (χ4v) is 5.40. The minimum Gasteiger partial charge on any atom is -0.458 e. The van der Waals surface area contributed by atoms with Crippen molar-refractivity contribution in [2.24, 2.45) is 5.41 Å². The zero-order chi connectivity index (χ0) is 38.3. The number of benzene rings is 2. The van der Waals surface area contributed by atoms with Gasteiger partial charge in [-0.05, 0) is 71.1 Å². The van der Waals surface area contributed by atoms with Gasteiger partial charge in [0.2, 0.25) is 0 Å². The van der Waals surface area contributed by atoms with Crippen LogP contribution < -0.4 is 5.32 Å². The third kappa shape index (κ3) is 12.5. The highest BCUT2D eigenvalue weighted by molar-refractivity contribution is 5.82. The second-order valence-electron chi connectivity index (χ2n) is 15.4. The van der Waals surface area contributed by atoms with E-state index in [2.05, 4.69) is 5.32 Å². The fourth-order valence-electron chi connectivity index (χ4n) is 5.40. The molecule has 0 aliphatic carbocycles. The summed E-state index contributed by atoms with van der Waals surface area (Å²) in [6, 6.07) is 10.4. The summed E-state index contributed by atoms with van der Waals surface area (Å²) in [4.78, 5) is 53.6. The van der Waals surface area contributed by atoms with E-state index in [1.807, 2.05) is 51.1 Å². The smallest absolute Gasteiger partial charge is 0.408 e. The first-order valence-corrected chi connectivity index (χ1v) is 16.8. The number of carbonyl (C=O) groups excluding carboxylic acids is 4. The molecule has 1 N–H and O–H groups in total. The molecule has 1 aromatic heterocycles. The lowest BCUT2D eigenvalue weighted by Gasteiger charge is -2.40. The molecule has 0 aliphatic heterocycles. The SMILES string of the molecule is CC(=O)OCC(=O)N(CC[C@H](NC(=O)OC(C)(C)C)C(=O)OC(C)(C)C)[C@@H](c1nn(-c2cc(F)ccc2F)cc1Cc1ccccc1)C(C)(C)C. The van der Waals surface area contributed by atoms with Crippen molar-refractivity contribution in [3.05, 3.63) is 83.2 Å². The van der Waals surface area contributed by atoms with Crippen molar-refractivity contribution in [2.75, 3.05) is 13.2 Å². The highest BCUT2D eigenvalue weighted by Crippen LogP contribution is 2.40. The molecule has 13 heteroatoms. The van der Waals surface area contributed by atoms with E-state index in [0.29, 0.717) is 17.7 Å². The second kappa shape index (κ2) is 16.5. The van der Waals surface area contributed by atoms with Crippen LogP contribution in [0.25, 0.3) is 5.69 Å². The number of rotatable bonds is 12. The molecule has 51 heavy (non-hydrogen) atoms. The summed E-state index contributed by atoms with van der Waals surface area (Å²) >= 11 is 0. The molecule has 2 aromatic carbocycles. The predicted octanol–water partition coefficient (Wildman–Crippen LogP) is 6.85. The van der Waals surface area contributed by atoms with Crippen LogP contribution in [-0.4, -0.2) is 69.0 Å². The average molecular weight is 713 g/mol. The lowest BCUT2D eigenvalue weighted by atomic mass is 9.81. The van der Waals surface area contributed by atoms with Gasteiger partial charge in [-0.15, -0.1) is 0 Å². The van der Waals surface area contributed by atoms with Gasteiger partial charge in [0.25, 0.3) is 5.91 Å². The Kier molecular flexibility index (Phi) is 13.1. The van der Waals surface area contributed by atoms with Gasteiger partial charge in [0, 0.05) is 37.7 Å². The van der Waals surface area contributed by atoms with Gasteiger partial charge >= 0.3 is 18.0 Å². The van der Waals surface area contributed by atoms with Crippen LogP contribution in [0.1, 0.15) is 98.5 Å². The number of alkyl carbamates (subject to hydrolysis) is 1. The van der Waals surface area contributed by atoms with Gasteiger partial charge in [-0.1, -0.05) is 51.1 Å². The molecule has 278 valence electrons. The Hall–Kier alpha value is -4.81. The van der Waals surface area contributed by atoms with Crippen LogP contribution in [0.4, 0.5) is 13.6 Å². The first-order valence-electron chi connectivity index (χ1n) is 16.8. The lowest BCUT2D eigenvalue weighted by molar-refractivity contribution is -0.158. The van der Waals surface area contributed by atoms with Crippen molar-refractivity contribution in [1.29, 1.82) is 0 Å². The first-order chi connectivity index (χ1) is 23.5. The van der Waals surface area contributed by atoms with Gasteiger partial charge in [-0.3, -0.25) is 9.59 Å². The number of nitrogens with zero attached hydrogens (tertiary/aromatic N) is 3. The minimum absolute atomic E-state index is 0.125. The lowest BCUT2D eigenvalue weighted by Crippen LogP contribution is -2.49. The van der Waals surface area contributed by atoms with Crippen LogP contribution in [0.5, 0.6) is 0 Å². The van der Waals surface area contributed by atoms with Crippen molar-refractivity contribution in [2.45, 2.75) is 105 Å². The number of halogens is 2. The Labute approximate surface area is 298 Å². The third-order valence-corrected chi connectivity index (χ3v) is 7.37. The maximum Gasteiger partial charge on any atom is 0.408 e. The van der Waals surface area contributed by atoms with Gasteiger partial charge in [0.15, 0.2) is 6.61 Å². The monoisotopic (exact) mass is 712 g/mol. The molecule has 0 bridgehead atoms. The van der Waals surface area contributed by atoms with Crippen molar-refractivity contribution in [3.63, 3.8) is 0 Å². The third-order valence-electron chi connectivity index (χ3n) is 7.37. The number of nitrogens with one attached hydrogen (secondary N) is 1. The molecule has 2 amide bonds. The number of amides is 2. The van der Waals surface area contributed by atoms with Gasteiger partial charge < -0.3 is 24.4 Å². The molecule has 0 saturated heterocycles. The van der Waals surface area contributed by atoms with E-state index in [0.717, 1.165) is 23.8 Å². The van der Waals surface area contributed by atoms with E-state index in [1.54, 1.807) is 47.7 Å². The molecule has 3 aromatic rings. The standard InChI is InChI=1S/C38H50F2N4O7/c1-24(45)49-23-31(46)43(19-18-29(34(47)50-37(5,6)7)41-35(48)51-38(8,9)10)33(36(2,3)4)32-26(20-25-14-12-11-13-15-25)22-44(42-32)30-21-27(39)16-17-28(30)40/h11-17,21-22,29,33H,18-20,23H2,1-10H3,(H,41,48)/t29-,33-/m0/s1. The van der Waals surface area contributed by atoms with E-state index in [-0.39, 0.29) is 18.7 Å². The maximum atomic E-state index is 15.1. The molecule has 1 heterocycles. The van der Waals surface area contributed by atoms with Crippen LogP contribution in [-0.2, 0) is 35.0 Å². The highest BCUT2D eigenvalue weighted by Gasteiger charge is 2.40. The molecule has 0 fully saturated rings. The summed E-state index contributed by atoms with van der Waals surface area (Å²) in [6.45, 7) is 16.1. The van der Waals surface area contributed by atoms with E-state index in [1.165, 1.54) is 16.5 Å². The second-order valence-corrected chi connectivity index (χ2v) is 15.4. The van der Waals surface area contributed by atoms with Crippen LogP contribution in [0, 0.1) is 17.0 Å². The maximum absolute atomic E-state index is 15.1. The van der Waals surface area contributed by atoms with E-state index in [4.69, 9.17) is 19.3 Å². The minimum atomic E-state index is -1.24. The molecular weight excluding hydrogens is 662 g/mol. The normalized spacial score (nSPS) is 13.2. The van der Waals surface area contributed by atoms with E-state index in [9.17, 15) is 23.6 Å². The van der Waals surface area contributed by atoms with Crippen molar-refractivity contribution in [1.82, 2.24) is 20.0 Å². The molecule has 0 unspecified atom stereocenters. The molecule has 11 nitrogen and oxygen atoms in total. The number of carbonyl (C=O) groups is 4. The summed E-state index contributed by atoms with van der Waals surface area (Å²) in [6.07, 6.45) is 0.942. The molecule has 0 radical (unpaired) electrons. The summed E-state index contributed by atoms with van der Waals surface area (Å²) < 4.78 is 46.9. The van der Waals surface area contributed by atoms with Crippen LogP contribution >= 0.6 is 0 Å².